The molecule has 184 valence electrons. The van der Waals surface area contributed by atoms with Gasteiger partial charge in [-0.2, -0.15) is 0 Å². The monoisotopic (exact) mass is 472 g/mol. The molecule has 3 aromatic rings. The van der Waals surface area contributed by atoms with Gasteiger partial charge in [0.25, 0.3) is 0 Å². The van der Waals surface area contributed by atoms with E-state index in [1.807, 2.05) is 12.1 Å². The van der Waals surface area contributed by atoms with Crippen molar-refractivity contribution in [1.82, 2.24) is 0 Å². The molecular formula is C31H38NO3+. The van der Waals surface area contributed by atoms with Crippen LogP contribution in [0.1, 0.15) is 55.2 Å². The average molecular weight is 473 g/mol. The van der Waals surface area contributed by atoms with E-state index in [9.17, 15) is 0 Å². The number of hydrogen-bond acceptors (Lipinski definition) is 3. The van der Waals surface area contributed by atoms with E-state index in [0.29, 0.717) is 0 Å². The molecular weight excluding hydrogens is 434 g/mol. The molecule has 1 saturated heterocycles. The maximum Gasteiger partial charge on any atom is 0.137 e. The summed E-state index contributed by atoms with van der Waals surface area (Å²) >= 11 is 0. The molecule has 2 atom stereocenters. The highest BCUT2D eigenvalue weighted by molar-refractivity contribution is 5.52. The predicted octanol–water partition coefficient (Wildman–Crippen LogP) is 6.40. The van der Waals surface area contributed by atoms with Gasteiger partial charge in [-0.1, -0.05) is 48.5 Å². The van der Waals surface area contributed by atoms with Crippen LogP contribution in [0.15, 0.2) is 72.8 Å². The molecule has 5 rings (SSSR count). The van der Waals surface area contributed by atoms with Gasteiger partial charge >= 0.3 is 0 Å². The third-order valence-corrected chi connectivity index (χ3v) is 7.95. The molecule has 1 fully saturated rings. The average Bonchev–Trinajstić information content (AvgIpc) is 3.29. The summed E-state index contributed by atoms with van der Waals surface area (Å²) in [5, 5.41) is 0. The number of benzene rings is 3. The van der Waals surface area contributed by atoms with Gasteiger partial charge in [0.05, 0.1) is 27.2 Å². The summed E-state index contributed by atoms with van der Waals surface area (Å²) in [6.07, 6.45) is 2.67. The van der Waals surface area contributed by atoms with Crippen LogP contribution in [0.5, 0.6) is 17.2 Å². The zero-order valence-electron chi connectivity index (χ0n) is 21.5. The molecule has 0 aliphatic carbocycles. The van der Waals surface area contributed by atoms with Crippen molar-refractivity contribution < 1.29 is 18.7 Å². The standard InChI is InChI=1S/C31H38NO3/c1-31(2)30(24-10-6-5-7-11-24)29(27-17-16-26(33-4)22-28(27)35-31)23-12-14-25(15-13-23)34-21-20-32(3)18-8-9-19-32/h5-7,10-17,22,29-30H,8-9,18-21H2,1-4H3/q+1/t29-,30+/m1/s1. The fourth-order valence-corrected chi connectivity index (χ4v) is 6.02. The molecule has 0 unspecified atom stereocenters. The summed E-state index contributed by atoms with van der Waals surface area (Å²) in [5.74, 6) is 2.97. The summed E-state index contributed by atoms with van der Waals surface area (Å²) in [4.78, 5) is 0. The first kappa shape index (κ1) is 23.7. The second-order valence-electron chi connectivity index (χ2n) is 10.9. The van der Waals surface area contributed by atoms with Gasteiger partial charge in [-0.15, -0.1) is 0 Å². The van der Waals surface area contributed by atoms with Crippen molar-refractivity contribution in [2.24, 2.45) is 0 Å². The molecule has 0 saturated carbocycles. The maximum atomic E-state index is 6.61. The molecule has 2 aliphatic heterocycles. The van der Waals surface area contributed by atoms with Crippen LogP contribution in [-0.4, -0.2) is 50.5 Å². The molecule has 4 nitrogen and oxygen atoms in total. The van der Waals surface area contributed by atoms with Gasteiger partial charge in [-0.05, 0) is 43.2 Å². The second-order valence-corrected chi connectivity index (χ2v) is 10.9. The molecule has 2 heterocycles. The Hall–Kier alpha value is -2.98. The Morgan fingerprint density at radius 3 is 2.26 bits per heavy atom. The van der Waals surface area contributed by atoms with Gasteiger partial charge < -0.3 is 18.7 Å². The quantitative estimate of drug-likeness (QED) is 0.372. The van der Waals surface area contributed by atoms with Crippen LogP contribution in [0.3, 0.4) is 0 Å². The third kappa shape index (κ3) is 4.90. The zero-order chi connectivity index (χ0) is 24.5. The minimum absolute atomic E-state index is 0.158. The Kier molecular flexibility index (Phi) is 6.50. The van der Waals surface area contributed by atoms with Gasteiger partial charge in [0.15, 0.2) is 0 Å². The number of nitrogens with zero attached hydrogens (tertiary/aromatic N) is 1. The van der Waals surface area contributed by atoms with E-state index in [0.717, 1.165) is 34.9 Å². The van der Waals surface area contributed by atoms with Gasteiger partial charge in [-0.3, -0.25) is 0 Å². The Morgan fingerprint density at radius 2 is 1.57 bits per heavy atom. The van der Waals surface area contributed by atoms with Crippen LogP contribution in [0.4, 0.5) is 0 Å². The van der Waals surface area contributed by atoms with Gasteiger partial charge in [0.2, 0.25) is 0 Å². The number of ether oxygens (including phenoxy) is 3. The van der Waals surface area contributed by atoms with E-state index in [-0.39, 0.29) is 11.8 Å². The van der Waals surface area contributed by atoms with Crippen molar-refractivity contribution in [2.75, 3.05) is 40.4 Å². The van der Waals surface area contributed by atoms with Crippen LogP contribution in [0.25, 0.3) is 0 Å². The molecule has 4 heteroatoms. The highest BCUT2D eigenvalue weighted by atomic mass is 16.5. The van der Waals surface area contributed by atoms with Crippen molar-refractivity contribution in [3.05, 3.63) is 89.5 Å². The minimum atomic E-state index is -0.394. The van der Waals surface area contributed by atoms with Crippen LogP contribution < -0.4 is 14.2 Å². The molecule has 0 amide bonds. The first-order valence-corrected chi connectivity index (χ1v) is 12.9. The molecule has 0 radical (unpaired) electrons. The Morgan fingerprint density at radius 1 is 0.886 bits per heavy atom. The third-order valence-electron chi connectivity index (χ3n) is 7.95. The summed E-state index contributed by atoms with van der Waals surface area (Å²) in [5.41, 5.74) is 3.35. The van der Waals surface area contributed by atoms with Gasteiger partial charge in [0, 0.05) is 36.3 Å². The van der Waals surface area contributed by atoms with E-state index < -0.39 is 5.60 Å². The number of rotatable bonds is 7. The number of hydrogen-bond donors (Lipinski definition) is 0. The molecule has 2 aliphatic rings. The lowest BCUT2D eigenvalue weighted by molar-refractivity contribution is -0.897. The molecule has 3 aromatic carbocycles. The maximum absolute atomic E-state index is 6.61. The Bertz CT molecular complexity index is 1130. The lowest BCUT2D eigenvalue weighted by atomic mass is 9.68. The van der Waals surface area contributed by atoms with Crippen molar-refractivity contribution in [3.63, 3.8) is 0 Å². The van der Waals surface area contributed by atoms with Crippen molar-refractivity contribution in [2.45, 2.75) is 44.1 Å². The van der Waals surface area contributed by atoms with Crippen molar-refractivity contribution in [1.29, 1.82) is 0 Å². The highest BCUT2D eigenvalue weighted by Crippen LogP contribution is 2.53. The molecule has 0 N–H and O–H groups in total. The molecule has 0 bridgehead atoms. The fourth-order valence-electron chi connectivity index (χ4n) is 6.02. The Balaban J connectivity index is 1.45. The Labute approximate surface area is 210 Å². The molecule has 0 spiro atoms. The second kappa shape index (κ2) is 9.58. The number of methoxy groups -OCH3 is 1. The number of fused-ring (bicyclic) bond motifs is 1. The number of likely N-dealkylation sites (N-methyl/N-ethyl adjacent to an activating group) is 1. The summed E-state index contributed by atoms with van der Waals surface area (Å²) in [6, 6.07) is 25.7. The van der Waals surface area contributed by atoms with E-state index in [1.54, 1.807) is 7.11 Å². The van der Waals surface area contributed by atoms with E-state index >= 15 is 0 Å². The lowest BCUT2D eigenvalue weighted by Crippen LogP contribution is -2.43. The molecule has 35 heavy (non-hydrogen) atoms. The number of quaternary nitrogens is 1. The van der Waals surface area contributed by atoms with E-state index in [2.05, 4.69) is 81.6 Å². The SMILES string of the molecule is COc1ccc2c(c1)OC(C)(C)[C@@H](c1ccccc1)[C@@H]2c1ccc(OCC[N+]2(C)CCCC2)cc1. The van der Waals surface area contributed by atoms with Crippen LogP contribution in [0, 0.1) is 0 Å². The summed E-state index contributed by atoms with van der Waals surface area (Å²) < 4.78 is 19.4. The van der Waals surface area contributed by atoms with Crippen molar-refractivity contribution in [3.8, 4) is 17.2 Å². The molecule has 0 aromatic heterocycles. The van der Waals surface area contributed by atoms with E-state index in [4.69, 9.17) is 14.2 Å². The summed E-state index contributed by atoms with van der Waals surface area (Å²) in [6.45, 7) is 8.76. The zero-order valence-corrected chi connectivity index (χ0v) is 21.5. The fraction of sp³-hybridized carbons (Fsp3) is 0.419. The van der Waals surface area contributed by atoms with Crippen LogP contribution >= 0.6 is 0 Å². The normalized spacial score (nSPS) is 22.2. The van der Waals surface area contributed by atoms with Gasteiger partial charge in [0.1, 0.15) is 36.0 Å². The number of likely N-dealkylation sites (tertiary alicyclic amines) is 1. The van der Waals surface area contributed by atoms with Gasteiger partial charge in [-0.25, -0.2) is 0 Å². The van der Waals surface area contributed by atoms with Crippen molar-refractivity contribution >= 4 is 0 Å². The highest BCUT2D eigenvalue weighted by Gasteiger charge is 2.45. The lowest BCUT2D eigenvalue weighted by Gasteiger charge is -2.45. The van der Waals surface area contributed by atoms with Crippen LogP contribution in [-0.2, 0) is 0 Å². The van der Waals surface area contributed by atoms with Crippen LogP contribution in [0.2, 0.25) is 0 Å². The first-order valence-electron chi connectivity index (χ1n) is 12.9. The smallest absolute Gasteiger partial charge is 0.137 e. The summed E-state index contributed by atoms with van der Waals surface area (Å²) in [7, 11) is 4.05. The minimum Gasteiger partial charge on any atom is -0.497 e. The topological polar surface area (TPSA) is 27.7 Å². The predicted molar refractivity (Wildman–Crippen MR) is 141 cm³/mol. The first-order chi connectivity index (χ1) is 16.9. The largest absolute Gasteiger partial charge is 0.497 e. The van der Waals surface area contributed by atoms with E-state index in [1.165, 1.54) is 42.6 Å².